The van der Waals surface area contributed by atoms with E-state index in [-0.39, 0.29) is 23.0 Å². The number of carbonyl (C=O) groups excluding carboxylic acids is 2. The molecule has 4 N–H and O–H groups in total. The quantitative estimate of drug-likeness (QED) is 0.487. The standard InChI is InChI=1S/C19H22N10O2/c1-20-18(30)15-12(7-13(25-26-15)24-19(31)21-2)23-17-16-11(5-6-22-17)14-10(8-28(16)3)9-29(4)27-14/h5-7,9H,8H2,1-4H3,(H,20,30)(H3,21,22,23,24,25,31)/i8D2. The van der Waals surface area contributed by atoms with Crippen LogP contribution in [-0.4, -0.2) is 58.0 Å². The van der Waals surface area contributed by atoms with Crippen molar-refractivity contribution in [1.82, 2.24) is 35.6 Å². The summed E-state index contributed by atoms with van der Waals surface area (Å²) in [6.45, 7) is -1.86. The zero-order chi connectivity index (χ0) is 23.9. The van der Waals surface area contributed by atoms with E-state index in [0.717, 1.165) is 0 Å². The zero-order valence-corrected chi connectivity index (χ0v) is 17.3. The first-order valence-corrected chi connectivity index (χ1v) is 9.30. The minimum atomic E-state index is -1.86. The normalized spacial score (nSPS) is 14.5. The number of anilines is 4. The molecule has 0 unspecified atom stereocenters. The van der Waals surface area contributed by atoms with E-state index in [1.807, 2.05) is 0 Å². The lowest BCUT2D eigenvalue weighted by molar-refractivity contribution is 0.0958. The molecule has 31 heavy (non-hydrogen) atoms. The Morgan fingerprint density at radius 1 is 1.19 bits per heavy atom. The van der Waals surface area contributed by atoms with Crippen LogP contribution in [0.2, 0.25) is 0 Å². The fourth-order valence-electron chi connectivity index (χ4n) is 3.22. The van der Waals surface area contributed by atoms with Gasteiger partial charge in [-0.15, -0.1) is 10.2 Å². The number of hydrogen-bond acceptors (Lipinski definition) is 8. The van der Waals surface area contributed by atoms with Crippen molar-refractivity contribution >= 4 is 34.9 Å². The van der Waals surface area contributed by atoms with Crippen molar-refractivity contribution in [3.8, 4) is 11.3 Å². The summed E-state index contributed by atoms with van der Waals surface area (Å²) < 4.78 is 18.9. The topological polar surface area (TPSA) is 142 Å². The maximum Gasteiger partial charge on any atom is 0.320 e. The van der Waals surface area contributed by atoms with Gasteiger partial charge in [0.15, 0.2) is 17.3 Å². The van der Waals surface area contributed by atoms with Crippen LogP contribution in [0.4, 0.5) is 27.8 Å². The Labute approximate surface area is 180 Å². The van der Waals surface area contributed by atoms with E-state index < -0.39 is 18.4 Å². The van der Waals surface area contributed by atoms with Gasteiger partial charge in [-0.05, 0) is 6.07 Å². The van der Waals surface area contributed by atoms with Crippen LogP contribution < -0.4 is 26.2 Å². The molecule has 0 bridgehead atoms. The van der Waals surface area contributed by atoms with Gasteiger partial charge in [-0.25, -0.2) is 9.78 Å². The molecule has 12 nitrogen and oxygen atoms in total. The predicted octanol–water partition coefficient (Wildman–Crippen LogP) is 1.08. The second kappa shape index (κ2) is 7.89. The Hall–Kier alpha value is -4.22. The molecule has 0 radical (unpaired) electrons. The van der Waals surface area contributed by atoms with Gasteiger partial charge in [-0.2, -0.15) is 5.10 Å². The lowest BCUT2D eigenvalue weighted by Gasteiger charge is -2.28. The molecule has 0 spiro atoms. The van der Waals surface area contributed by atoms with Gasteiger partial charge in [0.2, 0.25) is 0 Å². The molecule has 0 aliphatic carbocycles. The summed E-state index contributed by atoms with van der Waals surface area (Å²) in [6.07, 6.45) is 3.21. The molecule has 4 rings (SSSR count). The number of pyridine rings is 1. The highest BCUT2D eigenvalue weighted by atomic mass is 16.2. The van der Waals surface area contributed by atoms with Gasteiger partial charge in [0.1, 0.15) is 0 Å². The van der Waals surface area contributed by atoms with Gasteiger partial charge < -0.3 is 20.9 Å². The highest BCUT2D eigenvalue weighted by Crippen LogP contribution is 2.42. The molecule has 4 heterocycles. The summed E-state index contributed by atoms with van der Waals surface area (Å²) in [6, 6.07) is 2.69. The third kappa shape index (κ3) is 3.70. The van der Waals surface area contributed by atoms with Crippen LogP contribution in [0.25, 0.3) is 11.3 Å². The van der Waals surface area contributed by atoms with Gasteiger partial charge in [0.25, 0.3) is 5.91 Å². The number of hydrogen-bond donors (Lipinski definition) is 4. The highest BCUT2D eigenvalue weighted by Gasteiger charge is 2.27. The summed E-state index contributed by atoms with van der Waals surface area (Å²) in [5.41, 5.74) is 2.26. The summed E-state index contributed by atoms with van der Waals surface area (Å²) >= 11 is 0. The number of nitrogens with one attached hydrogen (secondary N) is 4. The third-order valence-corrected chi connectivity index (χ3v) is 4.59. The van der Waals surface area contributed by atoms with Crippen molar-refractivity contribution in [2.24, 2.45) is 7.05 Å². The number of amides is 3. The van der Waals surface area contributed by atoms with Gasteiger partial charge in [-0.3, -0.25) is 14.8 Å². The van der Waals surface area contributed by atoms with Crippen LogP contribution in [0.5, 0.6) is 0 Å². The highest BCUT2D eigenvalue weighted by molar-refractivity contribution is 6.00. The summed E-state index contributed by atoms with van der Waals surface area (Å²) in [4.78, 5) is 29.9. The molecule has 3 amide bonds. The Bertz CT molecular complexity index is 1260. The number of nitrogens with zero attached hydrogens (tertiary/aromatic N) is 6. The molecule has 0 saturated heterocycles. The fraction of sp³-hybridized carbons (Fsp3) is 0.263. The van der Waals surface area contributed by atoms with E-state index in [1.165, 1.54) is 25.1 Å². The number of carbonyl (C=O) groups is 2. The van der Waals surface area contributed by atoms with E-state index in [4.69, 9.17) is 2.74 Å². The van der Waals surface area contributed by atoms with Gasteiger partial charge in [0, 0.05) is 64.3 Å². The molecular weight excluding hydrogens is 400 g/mol. The van der Waals surface area contributed by atoms with Crippen LogP contribution in [-0.2, 0) is 13.5 Å². The molecule has 1 aliphatic heterocycles. The van der Waals surface area contributed by atoms with E-state index in [0.29, 0.717) is 22.5 Å². The lowest BCUT2D eigenvalue weighted by Crippen LogP contribution is -2.26. The predicted molar refractivity (Wildman–Crippen MR) is 115 cm³/mol. The first-order valence-electron chi connectivity index (χ1n) is 10.3. The van der Waals surface area contributed by atoms with Gasteiger partial charge >= 0.3 is 6.03 Å². The molecule has 12 heteroatoms. The van der Waals surface area contributed by atoms with Crippen LogP contribution in [0.15, 0.2) is 24.5 Å². The summed E-state index contributed by atoms with van der Waals surface area (Å²) in [5.74, 6) is -0.124. The first-order chi connectivity index (χ1) is 15.7. The van der Waals surface area contributed by atoms with Crippen molar-refractivity contribution in [3.63, 3.8) is 0 Å². The summed E-state index contributed by atoms with van der Waals surface area (Å²) in [5, 5.41) is 22.7. The smallest absolute Gasteiger partial charge is 0.320 e. The van der Waals surface area contributed by atoms with Crippen molar-refractivity contribution < 1.29 is 12.3 Å². The Morgan fingerprint density at radius 2 is 2.00 bits per heavy atom. The molecule has 0 fully saturated rings. The van der Waals surface area contributed by atoms with Crippen molar-refractivity contribution in [3.05, 3.63) is 35.8 Å². The number of rotatable bonds is 4. The van der Waals surface area contributed by atoms with E-state index in [1.54, 1.807) is 37.2 Å². The van der Waals surface area contributed by atoms with Crippen molar-refractivity contribution in [2.45, 2.75) is 6.50 Å². The molecule has 0 atom stereocenters. The largest absolute Gasteiger partial charge is 0.367 e. The van der Waals surface area contributed by atoms with Crippen molar-refractivity contribution in [2.75, 3.05) is 36.7 Å². The average molecular weight is 424 g/mol. The average Bonchev–Trinajstić information content (AvgIpc) is 3.20. The second-order valence-electron chi connectivity index (χ2n) is 6.69. The number of aromatic nitrogens is 5. The maximum absolute atomic E-state index is 12.4. The Morgan fingerprint density at radius 3 is 2.74 bits per heavy atom. The lowest BCUT2D eigenvalue weighted by atomic mass is 10.0. The monoisotopic (exact) mass is 424 g/mol. The molecule has 0 saturated carbocycles. The summed E-state index contributed by atoms with van der Waals surface area (Å²) in [7, 11) is 6.26. The van der Waals surface area contributed by atoms with Gasteiger partial charge in [-0.1, -0.05) is 0 Å². The molecular formula is C19H22N10O2. The van der Waals surface area contributed by atoms with E-state index in [9.17, 15) is 9.59 Å². The van der Waals surface area contributed by atoms with Gasteiger partial charge in [0.05, 0.1) is 19.8 Å². The van der Waals surface area contributed by atoms with Crippen LogP contribution in [0.3, 0.4) is 0 Å². The Kier molecular flexibility index (Phi) is 4.49. The first kappa shape index (κ1) is 17.6. The molecule has 160 valence electrons. The number of urea groups is 1. The fourth-order valence-corrected chi connectivity index (χ4v) is 3.22. The number of aryl methyl sites for hydroxylation is 1. The SMILES string of the molecule is [2H]C1([2H])c2cn(C)nc2-c2ccnc(Nc3cc(NC(=O)NC)nnc3C(=O)NC)c2N1C. The van der Waals surface area contributed by atoms with Crippen LogP contribution >= 0.6 is 0 Å². The zero-order valence-electron chi connectivity index (χ0n) is 19.3. The minimum Gasteiger partial charge on any atom is -0.367 e. The van der Waals surface area contributed by atoms with E-state index >= 15 is 0 Å². The van der Waals surface area contributed by atoms with E-state index in [2.05, 4.69) is 41.5 Å². The molecule has 3 aromatic rings. The van der Waals surface area contributed by atoms with Crippen molar-refractivity contribution in [1.29, 1.82) is 0 Å². The third-order valence-electron chi connectivity index (χ3n) is 4.59. The number of fused-ring (bicyclic) bond motifs is 3. The molecule has 0 aromatic carbocycles. The minimum absolute atomic E-state index is 0.0284. The van der Waals surface area contributed by atoms with Crippen LogP contribution in [0, 0.1) is 0 Å². The molecule has 1 aliphatic rings. The van der Waals surface area contributed by atoms with Crippen LogP contribution in [0.1, 0.15) is 18.8 Å². The maximum atomic E-state index is 12.4. The second-order valence-corrected chi connectivity index (χ2v) is 6.69. The Balaban J connectivity index is 1.84. The molecule has 3 aromatic heterocycles.